The molecule has 0 saturated heterocycles. The van der Waals surface area contributed by atoms with Crippen LogP contribution in [0.1, 0.15) is 0 Å². The Morgan fingerprint density at radius 3 is 2.78 bits per heavy atom. The Kier molecular flexibility index (Phi) is 3.22. The number of anilines is 1. The van der Waals surface area contributed by atoms with E-state index in [2.05, 4.69) is 10.3 Å². The second-order valence-corrected chi connectivity index (χ2v) is 5.99. The summed E-state index contributed by atoms with van der Waals surface area (Å²) >= 11 is 5.65. The summed E-state index contributed by atoms with van der Waals surface area (Å²) in [5, 5.41) is 14.6. The van der Waals surface area contributed by atoms with Gasteiger partial charge < -0.3 is 5.32 Å². The Morgan fingerprint density at radius 1 is 1.50 bits per heavy atom. The molecule has 1 atom stereocenters. The number of aromatic nitrogens is 1. The summed E-state index contributed by atoms with van der Waals surface area (Å²) < 4.78 is 22.4. The third kappa shape index (κ3) is 2.77. The van der Waals surface area contributed by atoms with Gasteiger partial charge in [-0.05, 0) is 12.1 Å². The van der Waals surface area contributed by atoms with Gasteiger partial charge in [0, 0.05) is 11.5 Å². The summed E-state index contributed by atoms with van der Waals surface area (Å²) in [6.45, 7) is 0. The molecule has 96 valence electrons. The molecule has 18 heavy (non-hydrogen) atoms. The Bertz CT molecular complexity index is 629. The normalized spacial score (nSPS) is 20.8. The first-order valence-corrected chi connectivity index (χ1v) is 6.95. The van der Waals surface area contributed by atoms with Crippen molar-refractivity contribution in [1.82, 2.24) is 4.98 Å². The second-order valence-electron chi connectivity index (χ2n) is 3.67. The highest BCUT2D eigenvalue weighted by molar-refractivity contribution is 7.94. The second kappa shape index (κ2) is 4.54. The number of rotatable bonds is 3. The van der Waals surface area contributed by atoms with Gasteiger partial charge in [-0.25, -0.2) is 13.4 Å². The van der Waals surface area contributed by atoms with Gasteiger partial charge in [0.05, 0.1) is 16.7 Å². The van der Waals surface area contributed by atoms with E-state index in [1.165, 1.54) is 18.2 Å². The maximum atomic E-state index is 11.2. The van der Waals surface area contributed by atoms with Crippen molar-refractivity contribution in [3.63, 3.8) is 0 Å². The fraction of sp³-hybridized carbons (Fsp3) is 0.222. The first-order valence-electron chi connectivity index (χ1n) is 4.86. The van der Waals surface area contributed by atoms with Gasteiger partial charge in [0.2, 0.25) is 5.82 Å². The van der Waals surface area contributed by atoms with Gasteiger partial charge in [0.15, 0.2) is 9.84 Å². The molecule has 1 aliphatic rings. The van der Waals surface area contributed by atoms with Crippen molar-refractivity contribution >= 4 is 32.9 Å². The van der Waals surface area contributed by atoms with Crippen LogP contribution >= 0.6 is 11.6 Å². The van der Waals surface area contributed by atoms with Crippen molar-refractivity contribution in [1.29, 1.82) is 0 Å². The fourth-order valence-corrected chi connectivity index (χ4v) is 2.91. The highest BCUT2D eigenvalue weighted by Crippen LogP contribution is 2.25. The van der Waals surface area contributed by atoms with Crippen molar-refractivity contribution in [2.75, 3.05) is 11.1 Å². The van der Waals surface area contributed by atoms with E-state index in [1.54, 1.807) is 0 Å². The lowest BCUT2D eigenvalue weighted by atomic mass is 10.3. The molecule has 1 unspecified atom stereocenters. The molecule has 0 aliphatic carbocycles. The highest BCUT2D eigenvalue weighted by atomic mass is 35.5. The Labute approximate surface area is 108 Å². The highest BCUT2D eigenvalue weighted by Gasteiger charge is 2.25. The topological polar surface area (TPSA) is 102 Å². The van der Waals surface area contributed by atoms with Crippen LogP contribution in [0.15, 0.2) is 23.6 Å². The SMILES string of the molecule is O=[N+]([O-])c1ccc(Cl)nc1NC1C=CS(=O)(=O)C1. The van der Waals surface area contributed by atoms with Gasteiger partial charge >= 0.3 is 5.69 Å². The molecule has 2 heterocycles. The van der Waals surface area contributed by atoms with Gasteiger partial charge in [-0.15, -0.1) is 0 Å². The summed E-state index contributed by atoms with van der Waals surface area (Å²) in [6, 6.07) is 1.97. The van der Waals surface area contributed by atoms with Crippen LogP contribution in [0.5, 0.6) is 0 Å². The van der Waals surface area contributed by atoms with Crippen LogP contribution in [0.25, 0.3) is 0 Å². The minimum absolute atomic E-state index is 0.0424. The van der Waals surface area contributed by atoms with Crippen molar-refractivity contribution < 1.29 is 13.3 Å². The molecule has 0 aromatic carbocycles. The maximum Gasteiger partial charge on any atom is 0.311 e. The minimum atomic E-state index is -3.23. The predicted octanol–water partition coefficient (Wildman–Crippen LogP) is 1.37. The van der Waals surface area contributed by atoms with E-state index in [-0.39, 0.29) is 22.4 Å². The smallest absolute Gasteiger partial charge is 0.311 e. The number of hydrogen-bond donors (Lipinski definition) is 1. The number of nitrogens with one attached hydrogen (secondary N) is 1. The molecule has 7 nitrogen and oxygen atoms in total. The first kappa shape index (κ1) is 12.8. The quantitative estimate of drug-likeness (QED) is 0.512. The van der Waals surface area contributed by atoms with Crippen LogP contribution in [-0.4, -0.2) is 30.1 Å². The largest absolute Gasteiger partial charge is 0.357 e. The van der Waals surface area contributed by atoms with Gasteiger partial charge in [-0.2, -0.15) is 0 Å². The molecule has 0 fully saturated rings. The number of nitro groups is 1. The van der Waals surface area contributed by atoms with Crippen LogP contribution in [0.3, 0.4) is 0 Å². The number of sulfone groups is 1. The van der Waals surface area contributed by atoms with Gasteiger partial charge in [0.1, 0.15) is 5.15 Å². The fourth-order valence-electron chi connectivity index (χ4n) is 1.52. The van der Waals surface area contributed by atoms with E-state index in [4.69, 9.17) is 11.6 Å². The van der Waals surface area contributed by atoms with Gasteiger partial charge in [-0.1, -0.05) is 11.6 Å². The molecule has 2 rings (SSSR count). The summed E-state index contributed by atoms with van der Waals surface area (Å²) in [5.74, 6) is -0.197. The molecule has 1 aromatic heterocycles. The zero-order valence-electron chi connectivity index (χ0n) is 8.91. The van der Waals surface area contributed by atoms with Crippen LogP contribution in [0.2, 0.25) is 5.15 Å². The van der Waals surface area contributed by atoms with Crippen molar-refractivity contribution in [3.05, 3.63) is 38.9 Å². The van der Waals surface area contributed by atoms with Crippen molar-refractivity contribution in [3.8, 4) is 0 Å². The molecule has 0 amide bonds. The predicted molar refractivity (Wildman–Crippen MR) is 66.2 cm³/mol. The standard InChI is InChI=1S/C9H8ClN3O4S/c10-8-2-1-7(13(14)15)9(12-8)11-6-3-4-18(16,17)5-6/h1-4,6H,5H2,(H,11,12). The van der Waals surface area contributed by atoms with E-state index in [9.17, 15) is 18.5 Å². The first-order chi connectivity index (χ1) is 8.37. The lowest BCUT2D eigenvalue weighted by Crippen LogP contribution is -2.22. The molecule has 0 spiro atoms. The minimum Gasteiger partial charge on any atom is -0.357 e. The molecular weight excluding hydrogens is 282 g/mol. The summed E-state index contributed by atoms with van der Waals surface area (Å²) in [6.07, 6.45) is 1.42. The average molecular weight is 290 g/mol. The molecule has 1 N–H and O–H groups in total. The van der Waals surface area contributed by atoms with E-state index in [0.29, 0.717) is 0 Å². The number of hydrogen-bond acceptors (Lipinski definition) is 6. The van der Waals surface area contributed by atoms with Crippen molar-refractivity contribution in [2.45, 2.75) is 6.04 Å². The van der Waals surface area contributed by atoms with Crippen LogP contribution < -0.4 is 5.32 Å². The van der Waals surface area contributed by atoms with Crippen LogP contribution in [0, 0.1) is 10.1 Å². The van der Waals surface area contributed by atoms with Crippen LogP contribution in [-0.2, 0) is 9.84 Å². The Balaban J connectivity index is 2.27. The molecule has 0 saturated carbocycles. The summed E-state index contributed by atoms with van der Waals surface area (Å²) in [4.78, 5) is 14.0. The molecular formula is C9H8ClN3O4S. The number of nitrogens with zero attached hydrogens (tertiary/aromatic N) is 2. The zero-order valence-corrected chi connectivity index (χ0v) is 10.5. The van der Waals surface area contributed by atoms with E-state index in [0.717, 1.165) is 5.41 Å². The lowest BCUT2D eigenvalue weighted by molar-refractivity contribution is -0.384. The Hall–Kier alpha value is -1.67. The molecule has 9 heteroatoms. The molecule has 1 aromatic rings. The zero-order chi connectivity index (χ0) is 13.3. The van der Waals surface area contributed by atoms with Crippen LogP contribution in [0.4, 0.5) is 11.5 Å². The molecule has 0 bridgehead atoms. The third-order valence-electron chi connectivity index (χ3n) is 2.29. The molecule has 1 aliphatic heterocycles. The monoisotopic (exact) mass is 289 g/mol. The van der Waals surface area contributed by atoms with E-state index >= 15 is 0 Å². The van der Waals surface area contributed by atoms with E-state index in [1.807, 2.05) is 0 Å². The van der Waals surface area contributed by atoms with E-state index < -0.39 is 20.8 Å². The number of pyridine rings is 1. The summed E-state index contributed by atoms with van der Waals surface area (Å²) in [5.41, 5.74) is -0.253. The molecule has 0 radical (unpaired) electrons. The lowest BCUT2D eigenvalue weighted by Gasteiger charge is -2.10. The Morgan fingerprint density at radius 2 is 2.22 bits per heavy atom. The van der Waals surface area contributed by atoms with Gasteiger partial charge in [-0.3, -0.25) is 10.1 Å². The maximum absolute atomic E-state index is 11.2. The van der Waals surface area contributed by atoms with Gasteiger partial charge in [0.25, 0.3) is 0 Å². The number of halogens is 1. The average Bonchev–Trinajstić information content (AvgIpc) is 2.57. The third-order valence-corrected chi connectivity index (χ3v) is 3.89. The van der Waals surface area contributed by atoms with Crippen molar-refractivity contribution in [2.24, 2.45) is 0 Å². The summed E-state index contributed by atoms with van der Waals surface area (Å²) in [7, 11) is -3.23.